The van der Waals surface area contributed by atoms with Crippen molar-refractivity contribution < 1.29 is 14.3 Å². The van der Waals surface area contributed by atoms with Gasteiger partial charge in [0, 0.05) is 23.1 Å². The molecular weight excluding hydrogens is 435 g/mol. The largest absolute Gasteiger partial charge is 0.497 e. The summed E-state index contributed by atoms with van der Waals surface area (Å²) in [6.45, 7) is 0. The Labute approximate surface area is 190 Å². The van der Waals surface area contributed by atoms with Gasteiger partial charge in [-0.2, -0.15) is 5.10 Å². The third kappa shape index (κ3) is 4.24. The highest BCUT2D eigenvalue weighted by Crippen LogP contribution is 2.38. The van der Waals surface area contributed by atoms with Gasteiger partial charge in [0.1, 0.15) is 11.5 Å². The van der Waals surface area contributed by atoms with Gasteiger partial charge in [-0.3, -0.25) is 4.79 Å². The van der Waals surface area contributed by atoms with Crippen molar-refractivity contribution in [2.45, 2.75) is 12.5 Å². The van der Waals surface area contributed by atoms with Crippen molar-refractivity contribution >= 4 is 34.8 Å². The van der Waals surface area contributed by atoms with Gasteiger partial charge in [-0.1, -0.05) is 53.5 Å². The highest BCUT2D eigenvalue weighted by Gasteiger charge is 2.35. The average Bonchev–Trinajstić information content (AvgIpc) is 3.24. The first-order valence-electron chi connectivity index (χ1n) is 9.65. The summed E-state index contributed by atoms with van der Waals surface area (Å²) in [5, 5.41) is 7.11. The topological polar surface area (TPSA) is 51.1 Å². The maximum Gasteiger partial charge on any atom is 0.276 e. The summed E-state index contributed by atoms with van der Waals surface area (Å²) in [4.78, 5) is 13.4. The van der Waals surface area contributed by atoms with Crippen LogP contribution in [0.4, 0.5) is 0 Å². The first-order chi connectivity index (χ1) is 15.0. The molecule has 0 unspecified atom stereocenters. The fourth-order valence-corrected chi connectivity index (χ4v) is 4.07. The number of carbonyl (C=O) groups excluding carboxylic acids is 1. The van der Waals surface area contributed by atoms with Crippen LogP contribution >= 0.6 is 23.2 Å². The Bertz CT molecular complexity index is 1140. The molecule has 0 fully saturated rings. The minimum Gasteiger partial charge on any atom is -0.497 e. The molecule has 3 aromatic rings. The molecular formula is C24H20Cl2N2O3. The fraction of sp³-hybridized carbons (Fsp3) is 0.167. The Morgan fingerprint density at radius 1 is 0.935 bits per heavy atom. The van der Waals surface area contributed by atoms with Crippen LogP contribution in [0.3, 0.4) is 0 Å². The Hall–Kier alpha value is -3.02. The molecule has 1 heterocycles. The molecule has 1 atom stereocenters. The molecule has 0 saturated heterocycles. The van der Waals surface area contributed by atoms with Gasteiger partial charge in [-0.05, 0) is 35.9 Å². The van der Waals surface area contributed by atoms with E-state index in [4.69, 9.17) is 37.8 Å². The molecule has 5 nitrogen and oxygen atoms in total. The molecule has 0 spiro atoms. The molecule has 1 aliphatic heterocycles. The van der Waals surface area contributed by atoms with Gasteiger partial charge in [-0.25, -0.2) is 5.01 Å². The zero-order chi connectivity index (χ0) is 22.0. The second kappa shape index (κ2) is 9.00. The average molecular weight is 455 g/mol. The molecule has 0 radical (unpaired) electrons. The van der Waals surface area contributed by atoms with E-state index in [1.807, 2.05) is 36.4 Å². The lowest BCUT2D eigenvalue weighted by Crippen LogP contribution is -2.27. The van der Waals surface area contributed by atoms with Crippen LogP contribution in [0.15, 0.2) is 71.8 Å². The van der Waals surface area contributed by atoms with Gasteiger partial charge in [0.25, 0.3) is 5.91 Å². The SMILES string of the molecule is COc1cc(OC)cc(C2=NN(C(=O)c3ccccc3Cl)[C@H](c3ccccc3Cl)C2)c1. The summed E-state index contributed by atoms with van der Waals surface area (Å²) in [6.07, 6.45) is 0.482. The Morgan fingerprint density at radius 3 is 2.16 bits per heavy atom. The summed E-state index contributed by atoms with van der Waals surface area (Å²) in [5.74, 6) is 0.991. The summed E-state index contributed by atoms with van der Waals surface area (Å²) >= 11 is 12.8. The second-order valence-electron chi connectivity index (χ2n) is 7.02. The van der Waals surface area contributed by atoms with Gasteiger partial charge < -0.3 is 9.47 Å². The maximum atomic E-state index is 13.4. The standard InChI is InChI=1S/C24H20Cl2N2O3/c1-30-16-11-15(12-17(13-16)31-2)22-14-23(18-7-3-5-9-20(18)25)28(27-22)24(29)19-8-4-6-10-21(19)26/h3-13,23H,14H2,1-2H3/t23-/m0/s1. The lowest BCUT2D eigenvalue weighted by Gasteiger charge is -2.23. The van der Waals surface area contributed by atoms with Gasteiger partial charge >= 0.3 is 0 Å². The molecule has 0 aromatic heterocycles. The van der Waals surface area contributed by atoms with E-state index < -0.39 is 0 Å². The summed E-state index contributed by atoms with van der Waals surface area (Å²) in [7, 11) is 3.18. The molecule has 1 amide bonds. The molecule has 3 aromatic carbocycles. The first-order valence-corrected chi connectivity index (χ1v) is 10.4. The predicted octanol–water partition coefficient (Wildman–Crippen LogP) is 6.00. The molecule has 0 bridgehead atoms. The summed E-state index contributed by atoms with van der Waals surface area (Å²) < 4.78 is 10.8. The Morgan fingerprint density at radius 2 is 1.55 bits per heavy atom. The summed E-state index contributed by atoms with van der Waals surface area (Å²) in [6, 6.07) is 19.6. The van der Waals surface area contributed by atoms with Crippen molar-refractivity contribution in [3.8, 4) is 11.5 Å². The van der Waals surface area contributed by atoms with Crippen LogP contribution in [0.1, 0.15) is 33.9 Å². The highest BCUT2D eigenvalue weighted by atomic mass is 35.5. The van der Waals surface area contributed by atoms with Crippen molar-refractivity contribution in [1.29, 1.82) is 0 Å². The molecule has 0 saturated carbocycles. The van der Waals surface area contributed by atoms with E-state index in [0.29, 0.717) is 33.5 Å². The molecule has 31 heavy (non-hydrogen) atoms. The van der Waals surface area contributed by atoms with E-state index in [1.165, 1.54) is 5.01 Å². The van der Waals surface area contributed by atoms with Crippen LogP contribution in [0, 0.1) is 0 Å². The number of amides is 1. The minimum absolute atomic E-state index is 0.291. The number of hydrogen-bond acceptors (Lipinski definition) is 4. The number of methoxy groups -OCH3 is 2. The van der Waals surface area contributed by atoms with Gasteiger partial charge in [0.2, 0.25) is 0 Å². The molecule has 7 heteroatoms. The van der Waals surface area contributed by atoms with Crippen molar-refractivity contribution in [3.05, 3.63) is 93.5 Å². The van der Waals surface area contributed by atoms with E-state index in [9.17, 15) is 4.79 Å². The number of halogens is 2. The first kappa shape index (κ1) is 21.2. The third-order valence-electron chi connectivity index (χ3n) is 5.17. The quantitative estimate of drug-likeness (QED) is 0.474. The number of benzene rings is 3. The fourth-order valence-electron chi connectivity index (χ4n) is 3.59. The molecule has 4 rings (SSSR count). The smallest absolute Gasteiger partial charge is 0.276 e. The minimum atomic E-state index is -0.371. The van der Waals surface area contributed by atoms with Crippen LogP contribution in [-0.4, -0.2) is 30.8 Å². The molecule has 158 valence electrons. The van der Waals surface area contributed by atoms with E-state index in [1.54, 1.807) is 44.6 Å². The van der Waals surface area contributed by atoms with Crippen molar-refractivity contribution in [3.63, 3.8) is 0 Å². The Balaban J connectivity index is 1.80. The normalized spacial score (nSPS) is 15.5. The van der Waals surface area contributed by atoms with E-state index in [0.717, 1.165) is 16.8 Å². The second-order valence-corrected chi connectivity index (χ2v) is 7.83. The molecule has 0 aliphatic carbocycles. The summed E-state index contributed by atoms with van der Waals surface area (Å²) in [5.41, 5.74) is 2.73. The van der Waals surface area contributed by atoms with Crippen LogP contribution < -0.4 is 9.47 Å². The van der Waals surface area contributed by atoms with Gasteiger partial charge in [-0.15, -0.1) is 0 Å². The van der Waals surface area contributed by atoms with E-state index in [2.05, 4.69) is 0 Å². The number of nitrogens with zero attached hydrogens (tertiary/aromatic N) is 2. The van der Waals surface area contributed by atoms with Crippen LogP contribution in [0.2, 0.25) is 10.0 Å². The lowest BCUT2D eigenvalue weighted by molar-refractivity contribution is 0.0711. The predicted molar refractivity (Wildman–Crippen MR) is 123 cm³/mol. The highest BCUT2D eigenvalue weighted by molar-refractivity contribution is 6.34. The number of hydrogen-bond donors (Lipinski definition) is 0. The number of carbonyl (C=O) groups is 1. The zero-order valence-corrected chi connectivity index (χ0v) is 18.5. The number of ether oxygens (including phenoxy) is 2. The van der Waals surface area contributed by atoms with Gasteiger partial charge in [0.05, 0.1) is 36.6 Å². The monoisotopic (exact) mass is 454 g/mol. The molecule has 0 N–H and O–H groups in total. The number of rotatable bonds is 5. The lowest BCUT2D eigenvalue weighted by atomic mass is 9.97. The van der Waals surface area contributed by atoms with Gasteiger partial charge in [0.15, 0.2) is 0 Å². The van der Waals surface area contributed by atoms with Crippen molar-refractivity contribution in [2.24, 2.45) is 5.10 Å². The van der Waals surface area contributed by atoms with E-state index in [-0.39, 0.29) is 11.9 Å². The van der Waals surface area contributed by atoms with Crippen LogP contribution in [-0.2, 0) is 0 Å². The van der Waals surface area contributed by atoms with Crippen LogP contribution in [0.25, 0.3) is 0 Å². The third-order valence-corrected chi connectivity index (χ3v) is 5.85. The number of hydrazone groups is 1. The van der Waals surface area contributed by atoms with Crippen LogP contribution in [0.5, 0.6) is 11.5 Å². The maximum absolute atomic E-state index is 13.4. The van der Waals surface area contributed by atoms with Crippen molar-refractivity contribution in [1.82, 2.24) is 5.01 Å². The Kier molecular flexibility index (Phi) is 6.16. The molecule has 1 aliphatic rings. The van der Waals surface area contributed by atoms with Crippen molar-refractivity contribution in [2.75, 3.05) is 14.2 Å². The van der Waals surface area contributed by atoms with E-state index >= 15 is 0 Å². The zero-order valence-electron chi connectivity index (χ0n) is 17.0.